The van der Waals surface area contributed by atoms with Crippen LogP contribution < -0.4 is 5.56 Å². The molecular weight excluding hydrogens is 432 g/mol. The van der Waals surface area contributed by atoms with E-state index in [1.54, 1.807) is 4.90 Å². The normalized spacial score (nSPS) is 11.4. The highest BCUT2D eigenvalue weighted by Crippen LogP contribution is 2.27. The average Bonchev–Trinajstić information content (AvgIpc) is 3.00. The summed E-state index contributed by atoms with van der Waals surface area (Å²) < 4.78 is 0.795. The molecular formula is C22H27BrN4O2. The van der Waals surface area contributed by atoms with Crippen LogP contribution in [0.15, 0.2) is 27.5 Å². The molecule has 0 aliphatic heterocycles. The fourth-order valence-electron chi connectivity index (χ4n) is 3.71. The second-order valence-electron chi connectivity index (χ2n) is 7.76. The molecule has 0 atom stereocenters. The fourth-order valence-corrected chi connectivity index (χ4v) is 4.15. The van der Waals surface area contributed by atoms with E-state index in [9.17, 15) is 9.59 Å². The van der Waals surface area contributed by atoms with Gasteiger partial charge in [0.25, 0.3) is 11.5 Å². The van der Waals surface area contributed by atoms with E-state index in [1.165, 1.54) is 0 Å². The molecule has 2 N–H and O–H groups in total. The van der Waals surface area contributed by atoms with Gasteiger partial charge in [-0.05, 0) is 57.9 Å². The summed E-state index contributed by atoms with van der Waals surface area (Å²) in [5, 5.41) is 8.07. The minimum absolute atomic E-state index is 0.0704. The third kappa shape index (κ3) is 4.29. The van der Waals surface area contributed by atoms with Crippen molar-refractivity contribution in [3.63, 3.8) is 0 Å². The highest BCUT2D eigenvalue weighted by atomic mass is 79.9. The fraction of sp³-hybridized carbons (Fsp3) is 0.409. The number of carbonyl (C=O) groups is 1. The van der Waals surface area contributed by atoms with E-state index in [4.69, 9.17) is 0 Å². The molecule has 0 unspecified atom stereocenters. The zero-order valence-electron chi connectivity index (χ0n) is 17.5. The summed E-state index contributed by atoms with van der Waals surface area (Å²) >= 11 is 3.49. The quantitative estimate of drug-likeness (QED) is 0.564. The van der Waals surface area contributed by atoms with Crippen molar-refractivity contribution in [1.82, 2.24) is 20.1 Å². The van der Waals surface area contributed by atoms with Crippen LogP contribution in [0.5, 0.6) is 0 Å². The summed E-state index contributed by atoms with van der Waals surface area (Å²) in [6, 6.07) is 5.66. The van der Waals surface area contributed by atoms with Crippen LogP contribution in [0.25, 0.3) is 10.9 Å². The minimum atomic E-state index is -0.120. The number of halogens is 1. The number of hydrogen-bond donors (Lipinski definition) is 2. The van der Waals surface area contributed by atoms with Crippen molar-refractivity contribution in [1.29, 1.82) is 0 Å². The predicted octanol–water partition coefficient (Wildman–Crippen LogP) is 4.63. The number of carbonyl (C=O) groups excluding carboxylic acids is 1. The van der Waals surface area contributed by atoms with E-state index in [1.807, 2.05) is 45.9 Å². The Hall–Kier alpha value is -2.41. The summed E-state index contributed by atoms with van der Waals surface area (Å²) in [7, 11) is 0. The zero-order valence-corrected chi connectivity index (χ0v) is 19.1. The summed E-state index contributed by atoms with van der Waals surface area (Å²) in [4.78, 5) is 31.0. The molecule has 0 saturated carbocycles. The van der Waals surface area contributed by atoms with Crippen LogP contribution in [0.1, 0.15) is 60.1 Å². The van der Waals surface area contributed by atoms with Gasteiger partial charge in [-0.2, -0.15) is 5.10 Å². The first-order valence-corrected chi connectivity index (χ1v) is 10.7. The van der Waals surface area contributed by atoms with Gasteiger partial charge < -0.3 is 9.88 Å². The van der Waals surface area contributed by atoms with Crippen LogP contribution in [-0.4, -0.2) is 32.0 Å². The number of fused-ring (bicyclic) bond motifs is 1. The Kier molecular flexibility index (Phi) is 6.27. The Bertz CT molecular complexity index is 1110. The van der Waals surface area contributed by atoms with E-state index in [0.29, 0.717) is 11.1 Å². The number of H-pyrrole nitrogens is 2. The van der Waals surface area contributed by atoms with Gasteiger partial charge >= 0.3 is 0 Å². The van der Waals surface area contributed by atoms with Gasteiger partial charge in [-0.25, -0.2) is 0 Å². The van der Waals surface area contributed by atoms with E-state index in [2.05, 4.69) is 38.0 Å². The topological polar surface area (TPSA) is 81.8 Å². The van der Waals surface area contributed by atoms with Crippen molar-refractivity contribution >= 4 is 32.7 Å². The molecule has 154 valence electrons. The molecule has 3 aromatic rings. The van der Waals surface area contributed by atoms with Gasteiger partial charge in [0.1, 0.15) is 0 Å². The van der Waals surface area contributed by atoms with Crippen LogP contribution in [-0.2, 0) is 13.0 Å². The lowest BCUT2D eigenvalue weighted by atomic mass is 10.0. The molecule has 7 heteroatoms. The SMILES string of the molecule is CCCc1cc(C)[nH]c(=O)c1CN(C(=O)c1cc(Br)cc2n[nH]c(C)c12)C(C)C. The van der Waals surface area contributed by atoms with Crippen molar-refractivity contribution in [2.45, 2.75) is 60.0 Å². The summed E-state index contributed by atoms with van der Waals surface area (Å²) in [6.07, 6.45) is 1.74. The van der Waals surface area contributed by atoms with Gasteiger partial charge in [0.2, 0.25) is 0 Å². The largest absolute Gasteiger partial charge is 0.332 e. The number of amides is 1. The predicted molar refractivity (Wildman–Crippen MR) is 119 cm³/mol. The molecule has 0 radical (unpaired) electrons. The molecule has 3 rings (SSSR count). The number of pyridine rings is 1. The number of benzene rings is 1. The molecule has 6 nitrogen and oxygen atoms in total. The lowest BCUT2D eigenvalue weighted by Gasteiger charge is -2.28. The van der Waals surface area contributed by atoms with E-state index < -0.39 is 0 Å². The molecule has 2 aromatic heterocycles. The molecule has 0 aliphatic rings. The third-order valence-corrected chi connectivity index (χ3v) is 5.58. The zero-order chi connectivity index (χ0) is 21.3. The molecule has 1 aromatic carbocycles. The summed E-state index contributed by atoms with van der Waals surface area (Å²) in [5.41, 5.74) is 4.55. The number of rotatable bonds is 6. The lowest BCUT2D eigenvalue weighted by Crippen LogP contribution is -2.38. The maximum atomic E-state index is 13.6. The summed E-state index contributed by atoms with van der Waals surface area (Å²) in [6.45, 7) is 10.1. The van der Waals surface area contributed by atoms with Crippen LogP contribution in [0.2, 0.25) is 0 Å². The highest BCUT2D eigenvalue weighted by Gasteiger charge is 2.25. The number of nitrogens with one attached hydrogen (secondary N) is 2. The lowest BCUT2D eigenvalue weighted by molar-refractivity contribution is 0.0691. The molecule has 0 aliphatic carbocycles. The van der Waals surface area contributed by atoms with Gasteiger partial charge in [0.15, 0.2) is 0 Å². The Morgan fingerprint density at radius 3 is 2.62 bits per heavy atom. The average molecular weight is 459 g/mol. The third-order valence-electron chi connectivity index (χ3n) is 5.13. The molecule has 0 spiro atoms. The van der Waals surface area contributed by atoms with Crippen molar-refractivity contribution in [3.05, 3.63) is 61.1 Å². The van der Waals surface area contributed by atoms with Crippen LogP contribution in [0.3, 0.4) is 0 Å². The number of nitrogens with zero attached hydrogens (tertiary/aromatic N) is 2. The minimum Gasteiger partial charge on any atom is -0.332 e. The Morgan fingerprint density at radius 1 is 1.24 bits per heavy atom. The van der Waals surface area contributed by atoms with Crippen molar-refractivity contribution < 1.29 is 4.79 Å². The molecule has 0 fully saturated rings. The van der Waals surface area contributed by atoms with Crippen molar-refractivity contribution in [2.24, 2.45) is 0 Å². The summed E-state index contributed by atoms with van der Waals surface area (Å²) in [5.74, 6) is -0.113. The first-order valence-electron chi connectivity index (χ1n) is 9.89. The van der Waals surface area contributed by atoms with Crippen LogP contribution in [0, 0.1) is 13.8 Å². The van der Waals surface area contributed by atoms with E-state index in [-0.39, 0.29) is 24.1 Å². The van der Waals surface area contributed by atoms with Crippen LogP contribution >= 0.6 is 15.9 Å². The first-order chi connectivity index (χ1) is 13.7. The maximum absolute atomic E-state index is 13.6. The van der Waals surface area contributed by atoms with Gasteiger partial charge in [-0.3, -0.25) is 14.7 Å². The van der Waals surface area contributed by atoms with Gasteiger partial charge in [-0.15, -0.1) is 0 Å². The van der Waals surface area contributed by atoms with E-state index >= 15 is 0 Å². The van der Waals surface area contributed by atoms with Gasteiger partial charge in [0.05, 0.1) is 17.6 Å². The number of aromatic nitrogens is 3. The standard InChI is InChI=1S/C22H27BrN4O2/c1-6-7-15-8-13(4)24-21(28)18(15)11-27(12(2)3)22(29)17-9-16(23)10-19-20(17)14(5)25-26-19/h8-10,12H,6-7,11H2,1-5H3,(H,24,28)(H,25,26). The van der Waals surface area contributed by atoms with Gasteiger partial charge in [-0.1, -0.05) is 29.3 Å². The van der Waals surface area contributed by atoms with Crippen molar-refractivity contribution in [3.8, 4) is 0 Å². The molecule has 0 saturated heterocycles. The first kappa shape index (κ1) is 21.3. The highest BCUT2D eigenvalue weighted by molar-refractivity contribution is 9.10. The molecule has 29 heavy (non-hydrogen) atoms. The Balaban J connectivity index is 2.08. The molecule has 1 amide bonds. The smallest absolute Gasteiger partial charge is 0.255 e. The number of aryl methyl sites for hydroxylation is 3. The monoisotopic (exact) mass is 458 g/mol. The Labute approximate surface area is 178 Å². The van der Waals surface area contributed by atoms with Crippen molar-refractivity contribution in [2.75, 3.05) is 0 Å². The number of hydrogen-bond acceptors (Lipinski definition) is 3. The Morgan fingerprint density at radius 2 is 1.97 bits per heavy atom. The molecule has 0 bridgehead atoms. The second-order valence-corrected chi connectivity index (χ2v) is 8.67. The van der Waals surface area contributed by atoms with E-state index in [0.717, 1.165) is 45.2 Å². The van der Waals surface area contributed by atoms with Gasteiger partial charge in [0, 0.05) is 32.9 Å². The molecule has 2 heterocycles. The number of aromatic amines is 2. The maximum Gasteiger partial charge on any atom is 0.255 e. The van der Waals surface area contributed by atoms with Crippen LogP contribution in [0.4, 0.5) is 0 Å². The second kappa shape index (κ2) is 8.53.